The van der Waals surface area contributed by atoms with Gasteiger partial charge >= 0.3 is 5.97 Å². The summed E-state index contributed by atoms with van der Waals surface area (Å²) in [5, 5.41) is 20.9. The number of aryl methyl sites for hydroxylation is 5. The van der Waals surface area contributed by atoms with Gasteiger partial charge in [0.25, 0.3) is 5.91 Å². The van der Waals surface area contributed by atoms with E-state index in [1.54, 1.807) is 0 Å². The highest BCUT2D eigenvalue weighted by molar-refractivity contribution is 6.32. The number of carbonyl (C=O) groups excluding carboxylic acids is 2. The van der Waals surface area contributed by atoms with Crippen molar-refractivity contribution < 1.29 is 24.2 Å². The molecule has 1 atom stereocenters. The van der Waals surface area contributed by atoms with Crippen molar-refractivity contribution in [1.29, 1.82) is 0 Å². The Bertz CT molecular complexity index is 1720. The number of hydrogen-bond acceptors (Lipinski definition) is 5. The third-order valence-electron chi connectivity index (χ3n) is 7.95. The number of carboxylic acids is 1. The van der Waals surface area contributed by atoms with Crippen LogP contribution in [-0.2, 0) is 23.1 Å². The van der Waals surface area contributed by atoms with Crippen LogP contribution < -0.4 is 15.4 Å². The van der Waals surface area contributed by atoms with E-state index in [2.05, 4.69) is 20.7 Å². The molecule has 0 bridgehead atoms. The number of para-hydroxylation sites is 1. The first-order valence-corrected chi connectivity index (χ1v) is 15.5. The van der Waals surface area contributed by atoms with Gasteiger partial charge in [0.2, 0.25) is 5.91 Å². The van der Waals surface area contributed by atoms with E-state index < -0.39 is 23.8 Å². The van der Waals surface area contributed by atoms with Gasteiger partial charge in [-0.05, 0) is 81.7 Å². The molecule has 240 valence electrons. The standard InChI is InChI=1S/C34H42ClN5O5/c1-18(2)14-27(34(43)44)37-28(41)17-36-33(42)32-25(12-9-13-45-23-15-19(3)30(35)20(4)16-23)24-10-8-11-26(31(24)38-32)29-21(5)39-40(7)22(29)6/h8,10-11,15-16,18,27,38H,9,12-14,17H2,1-7H3,(H,36,42)(H,37,41)(H,43,44). The number of hydrogen-bond donors (Lipinski definition) is 4. The van der Waals surface area contributed by atoms with Gasteiger partial charge in [0.05, 0.1) is 24.4 Å². The molecule has 0 saturated heterocycles. The number of aromatic amines is 1. The number of ether oxygens (including phenoxy) is 1. The number of aromatic nitrogens is 3. The number of carbonyl (C=O) groups is 3. The van der Waals surface area contributed by atoms with Gasteiger partial charge in [-0.2, -0.15) is 5.10 Å². The van der Waals surface area contributed by atoms with E-state index in [4.69, 9.17) is 16.3 Å². The molecule has 45 heavy (non-hydrogen) atoms. The summed E-state index contributed by atoms with van der Waals surface area (Å²) in [5.41, 5.74) is 7.62. The summed E-state index contributed by atoms with van der Waals surface area (Å²) in [6.45, 7) is 11.7. The summed E-state index contributed by atoms with van der Waals surface area (Å²) in [4.78, 5) is 41.2. The van der Waals surface area contributed by atoms with Crippen LogP contribution in [0, 0.1) is 33.6 Å². The molecule has 11 heteroatoms. The summed E-state index contributed by atoms with van der Waals surface area (Å²) in [6.07, 6.45) is 1.44. The number of halogens is 1. The Morgan fingerprint density at radius 2 is 1.80 bits per heavy atom. The van der Waals surface area contributed by atoms with E-state index in [1.807, 2.05) is 83.6 Å². The first-order valence-electron chi connectivity index (χ1n) is 15.1. The number of H-pyrrole nitrogens is 1. The molecule has 2 aromatic carbocycles. The van der Waals surface area contributed by atoms with Gasteiger partial charge in [-0.3, -0.25) is 14.3 Å². The molecule has 2 aromatic heterocycles. The Labute approximate surface area is 268 Å². The Balaban J connectivity index is 1.60. The Morgan fingerprint density at radius 3 is 2.40 bits per heavy atom. The SMILES string of the molecule is Cc1cc(OCCCc2c(C(=O)NCC(=O)NC(CC(C)C)C(=O)O)[nH]c3c(-c4c(C)nn(C)c4C)cccc23)cc(C)c1Cl. The van der Waals surface area contributed by atoms with Crippen LogP contribution in [0.15, 0.2) is 30.3 Å². The minimum Gasteiger partial charge on any atom is -0.494 e. The number of benzene rings is 2. The van der Waals surface area contributed by atoms with Crippen molar-refractivity contribution in [3.63, 3.8) is 0 Å². The molecule has 4 aromatic rings. The third kappa shape index (κ3) is 7.68. The second-order valence-corrected chi connectivity index (χ2v) is 12.3. The van der Waals surface area contributed by atoms with E-state index in [-0.39, 0.29) is 18.9 Å². The Morgan fingerprint density at radius 1 is 1.11 bits per heavy atom. The maximum absolute atomic E-state index is 13.6. The number of rotatable bonds is 13. The van der Waals surface area contributed by atoms with Crippen LogP contribution in [0.1, 0.15) is 65.3 Å². The van der Waals surface area contributed by atoms with Crippen LogP contribution in [0.5, 0.6) is 5.75 Å². The fraction of sp³-hybridized carbons (Fsp3) is 0.412. The van der Waals surface area contributed by atoms with Crippen molar-refractivity contribution in [3.05, 3.63) is 69.1 Å². The summed E-state index contributed by atoms with van der Waals surface area (Å²) in [6, 6.07) is 8.74. The van der Waals surface area contributed by atoms with Crippen LogP contribution >= 0.6 is 11.6 Å². The minimum atomic E-state index is -1.11. The molecule has 0 radical (unpaired) electrons. The molecular weight excluding hydrogens is 594 g/mol. The lowest BCUT2D eigenvalue weighted by Gasteiger charge is -2.16. The number of fused-ring (bicyclic) bond motifs is 1. The maximum Gasteiger partial charge on any atom is 0.326 e. The summed E-state index contributed by atoms with van der Waals surface area (Å²) in [7, 11) is 1.90. The van der Waals surface area contributed by atoms with Crippen LogP contribution in [-0.4, -0.2) is 56.8 Å². The molecule has 10 nitrogen and oxygen atoms in total. The highest BCUT2D eigenvalue weighted by Crippen LogP contribution is 2.35. The summed E-state index contributed by atoms with van der Waals surface area (Å²) >= 11 is 6.31. The van der Waals surface area contributed by atoms with E-state index in [0.717, 1.165) is 60.9 Å². The molecule has 0 spiro atoms. The number of amides is 2. The fourth-order valence-electron chi connectivity index (χ4n) is 5.71. The molecule has 2 heterocycles. The zero-order chi connectivity index (χ0) is 33.0. The Hall–Kier alpha value is -4.31. The highest BCUT2D eigenvalue weighted by atomic mass is 35.5. The van der Waals surface area contributed by atoms with Gasteiger partial charge in [0, 0.05) is 34.3 Å². The monoisotopic (exact) mass is 635 g/mol. The van der Waals surface area contributed by atoms with Crippen molar-refractivity contribution in [2.75, 3.05) is 13.2 Å². The van der Waals surface area contributed by atoms with Gasteiger partial charge in [0.1, 0.15) is 17.5 Å². The first-order chi connectivity index (χ1) is 21.3. The van der Waals surface area contributed by atoms with Crippen LogP contribution in [0.2, 0.25) is 5.02 Å². The first kappa shape index (κ1) is 33.6. The van der Waals surface area contributed by atoms with Crippen molar-refractivity contribution in [1.82, 2.24) is 25.4 Å². The second-order valence-electron chi connectivity index (χ2n) is 12.0. The van der Waals surface area contributed by atoms with Crippen LogP contribution in [0.25, 0.3) is 22.0 Å². The van der Waals surface area contributed by atoms with Gasteiger partial charge in [-0.25, -0.2) is 4.79 Å². The molecule has 4 N–H and O–H groups in total. The third-order valence-corrected chi connectivity index (χ3v) is 8.54. The molecule has 2 amide bonds. The normalized spacial score (nSPS) is 12.0. The predicted molar refractivity (Wildman–Crippen MR) is 176 cm³/mol. The van der Waals surface area contributed by atoms with Gasteiger partial charge < -0.3 is 25.5 Å². The van der Waals surface area contributed by atoms with Gasteiger partial charge in [-0.15, -0.1) is 0 Å². The smallest absolute Gasteiger partial charge is 0.326 e. The van der Waals surface area contributed by atoms with Crippen molar-refractivity contribution in [2.24, 2.45) is 13.0 Å². The minimum absolute atomic E-state index is 0.0768. The predicted octanol–water partition coefficient (Wildman–Crippen LogP) is 5.81. The zero-order valence-electron chi connectivity index (χ0n) is 26.9. The summed E-state index contributed by atoms with van der Waals surface area (Å²) in [5.74, 6) is -1.33. The number of carboxylic acid groups (broad SMARTS) is 1. The molecule has 0 aliphatic rings. The number of nitrogens with one attached hydrogen (secondary N) is 3. The Kier molecular flexibility index (Phi) is 10.6. The molecule has 0 aliphatic carbocycles. The van der Waals surface area contributed by atoms with Gasteiger partial charge in [-0.1, -0.05) is 43.6 Å². The molecule has 4 rings (SSSR count). The highest BCUT2D eigenvalue weighted by Gasteiger charge is 2.24. The van der Waals surface area contributed by atoms with E-state index in [9.17, 15) is 19.5 Å². The molecule has 0 saturated carbocycles. The van der Waals surface area contributed by atoms with E-state index in [1.165, 1.54) is 0 Å². The van der Waals surface area contributed by atoms with E-state index in [0.29, 0.717) is 25.1 Å². The van der Waals surface area contributed by atoms with Crippen molar-refractivity contribution in [3.8, 4) is 16.9 Å². The second kappa shape index (κ2) is 14.2. The zero-order valence-corrected chi connectivity index (χ0v) is 27.7. The average Bonchev–Trinajstić information content (AvgIpc) is 3.47. The van der Waals surface area contributed by atoms with Crippen LogP contribution in [0.3, 0.4) is 0 Å². The largest absolute Gasteiger partial charge is 0.494 e. The molecule has 1 unspecified atom stereocenters. The average molecular weight is 636 g/mol. The van der Waals surface area contributed by atoms with Gasteiger partial charge in [0.15, 0.2) is 0 Å². The van der Waals surface area contributed by atoms with Crippen molar-refractivity contribution in [2.45, 2.75) is 66.8 Å². The molecule has 0 fully saturated rings. The topological polar surface area (TPSA) is 138 Å². The summed E-state index contributed by atoms with van der Waals surface area (Å²) < 4.78 is 7.88. The van der Waals surface area contributed by atoms with Crippen LogP contribution in [0.4, 0.5) is 0 Å². The van der Waals surface area contributed by atoms with Crippen molar-refractivity contribution >= 4 is 40.3 Å². The van der Waals surface area contributed by atoms with E-state index >= 15 is 0 Å². The molecule has 0 aliphatic heterocycles. The maximum atomic E-state index is 13.6. The number of nitrogens with zero attached hydrogens (tertiary/aromatic N) is 2. The lowest BCUT2D eigenvalue weighted by molar-refractivity contribution is -0.142. The number of aliphatic carboxylic acids is 1. The quantitative estimate of drug-likeness (QED) is 0.137. The fourth-order valence-corrected chi connectivity index (χ4v) is 5.82. The lowest BCUT2D eigenvalue weighted by Crippen LogP contribution is -2.46. The molecular formula is C34H42ClN5O5. The lowest BCUT2D eigenvalue weighted by atomic mass is 9.98.